The number of hydrogen-bond acceptors (Lipinski definition) is 5. The first-order valence-electron chi connectivity index (χ1n) is 6.95. The van der Waals surface area contributed by atoms with E-state index in [0.717, 1.165) is 12.1 Å². The smallest absolute Gasteiger partial charge is 0.338 e. The standard InChI is InChI=1S/C16H12F2N2O5/c1-9-6-11(20(23)24)3-5-14(9)19-15(21)8-25-16(22)10-2-4-12(17)13(18)7-10/h2-7H,8H2,1H3,(H,19,21). The van der Waals surface area contributed by atoms with Gasteiger partial charge in [-0.1, -0.05) is 0 Å². The SMILES string of the molecule is Cc1cc([N+](=O)[O-])ccc1NC(=O)COC(=O)c1ccc(F)c(F)c1. The number of nitro groups is 1. The predicted molar refractivity (Wildman–Crippen MR) is 83.1 cm³/mol. The van der Waals surface area contributed by atoms with Crippen molar-refractivity contribution in [3.05, 3.63) is 69.3 Å². The number of esters is 1. The van der Waals surface area contributed by atoms with Gasteiger partial charge >= 0.3 is 5.97 Å². The summed E-state index contributed by atoms with van der Waals surface area (Å²) < 4.78 is 30.6. The van der Waals surface area contributed by atoms with E-state index < -0.39 is 35.0 Å². The van der Waals surface area contributed by atoms with Gasteiger partial charge in [0, 0.05) is 17.8 Å². The normalized spacial score (nSPS) is 10.2. The number of nitrogens with one attached hydrogen (secondary N) is 1. The van der Waals surface area contributed by atoms with E-state index in [-0.39, 0.29) is 11.3 Å². The van der Waals surface area contributed by atoms with Crippen molar-refractivity contribution in [2.75, 3.05) is 11.9 Å². The molecule has 25 heavy (non-hydrogen) atoms. The van der Waals surface area contributed by atoms with Crippen molar-refractivity contribution in [1.29, 1.82) is 0 Å². The van der Waals surface area contributed by atoms with Crippen LogP contribution < -0.4 is 5.32 Å². The van der Waals surface area contributed by atoms with E-state index in [1.165, 1.54) is 18.2 Å². The summed E-state index contributed by atoms with van der Waals surface area (Å²) in [4.78, 5) is 33.6. The van der Waals surface area contributed by atoms with Crippen molar-refractivity contribution < 1.29 is 28.0 Å². The number of halogens is 2. The summed E-state index contributed by atoms with van der Waals surface area (Å²) in [5.74, 6) is -3.99. The minimum absolute atomic E-state index is 0.125. The molecule has 0 saturated carbocycles. The number of nitro benzene ring substituents is 1. The molecule has 0 heterocycles. The molecule has 1 N–H and O–H groups in total. The number of carbonyl (C=O) groups is 2. The first-order valence-corrected chi connectivity index (χ1v) is 6.95. The maximum absolute atomic E-state index is 13.0. The van der Waals surface area contributed by atoms with Crippen LogP contribution in [0.1, 0.15) is 15.9 Å². The van der Waals surface area contributed by atoms with Crippen molar-refractivity contribution in [2.45, 2.75) is 6.92 Å². The van der Waals surface area contributed by atoms with Gasteiger partial charge in [-0.05, 0) is 36.8 Å². The van der Waals surface area contributed by atoms with E-state index in [2.05, 4.69) is 5.32 Å². The van der Waals surface area contributed by atoms with Crippen molar-refractivity contribution >= 4 is 23.3 Å². The van der Waals surface area contributed by atoms with Crippen LogP contribution in [0.15, 0.2) is 36.4 Å². The summed E-state index contributed by atoms with van der Waals surface area (Å²) in [6.45, 7) is 0.907. The van der Waals surface area contributed by atoms with Crippen LogP contribution in [0.5, 0.6) is 0 Å². The van der Waals surface area contributed by atoms with Gasteiger partial charge in [0.1, 0.15) is 0 Å². The molecule has 0 aliphatic carbocycles. The zero-order valence-corrected chi connectivity index (χ0v) is 12.9. The second-order valence-electron chi connectivity index (χ2n) is 5.01. The highest BCUT2D eigenvalue weighted by atomic mass is 19.2. The molecule has 0 bridgehead atoms. The molecular weight excluding hydrogens is 338 g/mol. The topological polar surface area (TPSA) is 98.5 Å². The number of hydrogen-bond donors (Lipinski definition) is 1. The van der Waals surface area contributed by atoms with E-state index in [1.54, 1.807) is 6.92 Å². The first-order chi connectivity index (χ1) is 11.8. The Morgan fingerprint density at radius 2 is 1.88 bits per heavy atom. The number of benzene rings is 2. The van der Waals surface area contributed by atoms with Gasteiger partial charge in [0.05, 0.1) is 10.5 Å². The molecule has 0 aliphatic rings. The minimum atomic E-state index is -1.21. The summed E-state index contributed by atoms with van der Waals surface area (Å²) in [6, 6.07) is 6.31. The van der Waals surface area contributed by atoms with Crippen molar-refractivity contribution in [3.63, 3.8) is 0 Å². The Morgan fingerprint density at radius 1 is 1.16 bits per heavy atom. The molecule has 0 unspecified atom stereocenters. The summed E-state index contributed by atoms with van der Waals surface area (Å²) in [7, 11) is 0. The Hall–Kier alpha value is -3.36. The molecule has 7 nitrogen and oxygen atoms in total. The molecule has 0 radical (unpaired) electrons. The predicted octanol–water partition coefficient (Wildman–Crippen LogP) is 2.98. The lowest BCUT2D eigenvalue weighted by atomic mass is 10.2. The summed E-state index contributed by atoms with van der Waals surface area (Å²) >= 11 is 0. The lowest BCUT2D eigenvalue weighted by Gasteiger charge is -2.09. The molecule has 130 valence electrons. The second-order valence-corrected chi connectivity index (χ2v) is 5.01. The number of anilines is 1. The average Bonchev–Trinajstić information content (AvgIpc) is 2.56. The maximum Gasteiger partial charge on any atom is 0.338 e. The molecule has 9 heteroatoms. The molecule has 0 saturated heterocycles. The Labute approximate surface area is 140 Å². The lowest BCUT2D eigenvalue weighted by Crippen LogP contribution is -2.21. The van der Waals surface area contributed by atoms with Crippen LogP contribution >= 0.6 is 0 Å². The Balaban J connectivity index is 1.95. The van der Waals surface area contributed by atoms with Gasteiger partial charge in [0.25, 0.3) is 11.6 Å². The van der Waals surface area contributed by atoms with Gasteiger partial charge in [0.2, 0.25) is 0 Å². The van der Waals surface area contributed by atoms with Crippen LogP contribution in [-0.2, 0) is 9.53 Å². The number of amides is 1. The number of nitrogens with zero attached hydrogens (tertiary/aromatic N) is 1. The van der Waals surface area contributed by atoms with Crippen LogP contribution in [0.3, 0.4) is 0 Å². The van der Waals surface area contributed by atoms with E-state index in [9.17, 15) is 28.5 Å². The van der Waals surface area contributed by atoms with E-state index in [0.29, 0.717) is 17.3 Å². The summed E-state index contributed by atoms with van der Waals surface area (Å²) in [5.41, 5.74) is 0.410. The fraction of sp³-hybridized carbons (Fsp3) is 0.125. The summed E-state index contributed by atoms with van der Waals surface area (Å²) in [5, 5.41) is 13.1. The van der Waals surface area contributed by atoms with Crippen molar-refractivity contribution in [1.82, 2.24) is 0 Å². The van der Waals surface area contributed by atoms with Gasteiger partial charge in [-0.15, -0.1) is 0 Å². The van der Waals surface area contributed by atoms with Crippen LogP contribution in [0.4, 0.5) is 20.2 Å². The Bertz CT molecular complexity index is 854. The monoisotopic (exact) mass is 350 g/mol. The molecule has 2 aromatic carbocycles. The first kappa shape index (κ1) is 18.0. The molecule has 0 aliphatic heterocycles. The Kier molecular flexibility index (Phi) is 5.38. The van der Waals surface area contributed by atoms with E-state index in [4.69, 9.17) is 4.74 Å². The van der Waals surface area contributed by atoms with Crippen molar-refractivity contribution in [2.24, 2.45) is 0 Å². The van der Waals surface area contributed by atoms with Crippen LogP contribution in [0.2, 0.25) is 0 Å². The molecule has 1 amide bonds. The van der Waals surface area contributed by atoms with Crippen LogP contribution in [0, 0.1) is 28.7 Å². The quantitative estimate of drug-likeness (QED) is 0.508. The zero-order valence-electron chi connectivity index (χ0n) is 12.9. The largest absolute Gasteiger partial charge is 0.452 e. The third-order valence-corrected chi connectivity index (χ3v) is 3.18. The summed E-state index contributed by atoms with van der Waals surface area (Å²) in [6.07, 6.45) is 0. The highest BCUT2D eigenvalue weighted by molar-refractivity contribution is 5.96. The van der Waals surface area contributed by atoms with Crippen LogP contribution in [-0.4, -0.2) is 23.4 Å². The van der Waals surface area contributed by atoms with Crippen LogP contribution in [0.25, 0.3) is 0 Å². The van der Waals surface area contributed by atoms with E-state index in [1.807, 2.05) is 0 Å². The van der Waals surface area contributed by atoms with Gasteiger partial charge in [-0.3, -0.25) is 14.9 Å². The molecule has 0 aromatic heterocycles. The average molecular weight is 350 g/mol. The Morgan fingerprint density at radius 3 is 2.48 bits per heavy atom. The fourth-order valence-electron chi connectivity index (χ4n) is 1.93. The zero-order chi connectivity index (χ0) is 18.6. The van der Waals surface area contributed by atoms with E-state index >= 15 is 0 Å². The highest BCUT2D eigenvalue weighted by Crippen LogP contribution is 2.21. The molecular formula is C16H12F2N2O5. The van der Waals surface area contributed by atoms with Gasteiger partial charge in [-0.2, -0.15) is 0 Å². The number of rotatable bonds is 5. The van der Waals surface area contributed by atoms with Gasteiger partial charge in [0.15, 0.2) is 18.2 Å². The number of aryl methyl sites for hydroxylation is 1. The third kappa shape index (κ3) is 4.56. The maximum atomic E-state index is 13.0. The minimum Gasteiger partial charge on any atom is -0.452 e. The van der Waals surface area contributed by atoms with Gasteiger partial charge in [-0.25, -0.2) is 13.6 Å². The van der Waals surface area contributed by atoms with Gasteiger partial charge < -0.3 is 10.1 Å². The molecule has 2 aromatic rings. The van der Waals surface area contributed by atoms with Crippen molar-refractivity contribution in [3.8, 4) is 0 Å². The molecule has 0 spiro atoms. The molecule has 2 rings (SSSR count). The number of non-ortho nitro benzene ring substituents is 1. The number of ether oxygens (including phenoxy) is 1. The third-order valence-electron chi connectivity index (χ3n) is 3.18. The highest BCUT2D eigenvalue weighted by Gasteiger charge is 2.14. The second kappa shape index (κ2) is 7.47. The molecule has 0 atom stereocenters. The lowest BCUT2D eigenvalue weighted by molar-refractivity contribution is -0.384. The number of carbonyl (C=O) groups excluding carboxylic acids is 2. The fourth-order valence-corrected chi connectivity index (χ4v) is 1.93. The molecule has 0 fully saturated rings.